The van der Waals surface area contributed by atoms with Crippen molar-refractivity contribution in [3.8, 4) is 17.5 Å². The summed E-state index contributed by atoms with van der Waals surface area (Å²) < 4.78 is 1.75. The van der Waals surface area contributed by atoms with Crippen molar-refractivity contribution in [2.75, 3.05) is 0 Å². The van der Waals surface area contributed by atoms with Gasteiger partial charge in [-0.2, -0.15) is 20.3 Å². The molecule has 0 saturated carbocycles. The molecule has 0 fully saturated rings. The molecule has 6 nitrogen and oxygen atoms in total. The van der Waals surface area contributed by atoms with Gasteiger partial charge in [-0.15, -0.1) is 0 Å². The number of aromatic nitrogens is 5. The van der Waals surface area contributed by atoms with Crippen LogP contribution in [-0.4, -0.2) is 24.5 Å². The van der Waals surface area contributed by atoms with Gasteiger partial charge < -0.3 is 4.57 Å². The summed E-state index contributed by atoms with van der Waals surface area (Å²) in [6, 6.07) is 2.02. The fourth-order valence-corrected chi connectivity index (χ4v) is 1.27. The molecule has 0 saturated heterocycles. The first-order valence-electron chi connectivity index (χ1n) is 4.00. The molecule has 0 unspecified atom stereocenters. The molecule has 0 bridgehead atoms. The molecule has 0 spiro atoms. The van der Waals surface area contributed by atoms with Crippen LogP contribution in [0.15, 0.2) is 12.5 Å². The molecule has 2 aromatic rings. The van der Waals surface area contributed by atoms with Gasteiger partial charge in [0, 0.05) is 14.1 Å². The van der Waals surface area contributed by atoms with E-state index in [0.717, 1.165) is 0 Å². The SMILES string of the molecule is Cn1ncc(-c2c(C#N)ncn2C)n1. The number of hydrogen-bond donors (Lipinski definition) is 0. The number of aryl methyl sites for hydroxylation is 2. The number of imidazole rings is 1. The maximum absolute atomic E-state index is 8.82. The summed E-state index contributed by atoms with van der Waals surface area (Å²) in [6.45, 7) is 0. The van der Waals surface area contributed by atoms with Gasteiger partial charge in [0.1, 0.15) is 17.5 Å². The normalized spacial score (nSPS) is 10.1. The Labute approximate surface area is 80.4 Å². The second-order valence-corrected chi connectivity index (χ2v) is 2.88. The van der Waals surface area contributed by atoms with Crippen molar-refractivity contribution in [2.24, 2.45) is 14.1 Å². The second kappa shape index (κ2) is 2.96. The van der Waals surface area contributed by atoms with E-state index in [-0.39, 0.29) is 0 Å². The van der Waals surface area contributed by atoms with E-state index in [0.29, 0.717) is 17.1 Å². The molecule has 2 aromatic heterocycles. The molecule has 6 heteroatoms. The van der Waals surface area contributed by atoms with E-state index in [9.17, 15) is 0 Å². The van der Waals surface area contributed by atoms with Crippen LogP contribution in [0.2, 0.25) is 0 Å². The monoisotopic (exact) mass is 188 g/mol. The van der Waals surface area contributed by atoms with Gasteiger partial charge in [-0.05, 0) is 0 Å². The smallest absolute Gasteiger partial charge is 0.168 e. The summed E-state index contributed by atoms with van der Waals surface area (Å²) in [6.07, 6.45) is 3.19. The minimum absolute atomic E-state index is 0.369. The van der Waals surface area contributed by atoms with Gasteiger partial charge >= 0.3 is 0 Å². The van der Waals surface area contributed by atoms with Crippen LogP contribution < -0.4 is 0 Å². The average Bonchev–Trinajstić information content (AvgIpc) is 2.71. The van der Waals surface area contributed by atoms with E-state index in [4.69, 9.17) is 5.26 Å². The molecule has 2 rings (SSSR count). The lowest BCUT2D eigenvalue weighted by Gasteiger charge is -1.96. The van der Waals surface area contributed by atoms with E-state index in [1.807, 2.05) is 13.1 Å². The summed E-state index contributed by atoms with van der Waals surface area (Å²) in [7, 11) is 3.55. The second-order valence-electron chi connectivity index (χ2n) is 2.88. The zero-order valence-electron chi connectivity index (χ0n) is 7.84. The lowest BCUT2D eigenvalue weighted by Crippen LogP contribution is -1.95. The summed E-state index contributed by atoms with van der Waals surface area (Å²) in [5, 5.41) is 16.9. The van der Waals surface area contributed by atoms with Crippen molar-refractivity contribution >= 4 is 0 Å². The van der Waals surface area contributed by atoms with Crippen molar-refractivity contribution in [1.82, 2.24) is 24.5 Å². The topological polar surface area (TPSA) is 72.3 Å². The van der Waals surface area contributed by atoms with Gasteiger partial charge in [-0.3, -0.25) is 0 Å². The zero-order chi connectivity index (χ0) is 10.1. The highest BCUT2D eigenvalue weighted by Crippen LogP contribution is 2.18. The highest BCUT2D eigenvalue weighted by Gasteiger charge is 2.13. The molecule has 0 amide bonds. The number of nitrogens with zero attached hydrogens (tertiary/aromatic N) is 6. The predicted octanol–water partition coefficient (Wildman–Crippen LogP) is 0.0873. The van der Waals surface area contributed by atoms with Gasteiger partial charge in [0.25, 0.3) is 0 Å². The van der Waals surface area contributed by atoms with Gasteiger partial charge in [-0.25, -0.2) is 4.98 Å². The van der Waals surface area contributed by atoms with Crippen LogP contribution in [0.1, 0.15) is 5.69 Å². The molecule has 0 aliphatic carbocycles. The molecule has 2 heterocycles. The third-order valence-corrected chi connectivity index (χ3v) is 1.89. The van der Waals surface area contributed by atoms with Crippen LogP contribution in [0.4, 0.5) is 0 Å². The van der Waals surface area contributed by atoms with Gasteiger partial charge in [0.15, 0.2) is 5.69 Å². The Morgan fingerprint density at radius 1 is 1.43 bits per heavy atom. The molecule has 14 heavy (non-hydrogen) atoms. The molecule has 0 aliphatic rings. The van der Waals surface area contributed by atoms with Gasteiger partial charge in [0.2, 0.25) is 0 Å². The first kappa shape index (κ1) is 8.44. The lowest BCUT2D eigenvalue weighted by molar-refractivity contribution is 0.654. The minimum Gasteiger partial charge on any atom is -0.331 e. The number of hydrogen-bond acceptors (Lipinski definition) is 4. The van der Waals surface area contributed by atoms with E-state index in [1.54, 1.807) is 24.1 Å². The Morgan fingerprint density at radius 3 is 2.79 bits per heavy atom. The summed E-state index contributed by atoms with van der Waals surface area (Å²) in [4.78, 5) is 5.39. The highest BCUT2D eigenvalue weighted by molar-refractivity contribution is 5.60. The lowest BCUT2D eigenvalue weighted by atomic mass is 10.3. The first-order valence-corrected chi connectivity index (χ1v) is 4.00. The molecule has 0 aromatic carbocycles. The molecule has 0 radical (unpaired) electrons. The Balaban J connectivity index is 2.61. The maximum Gasteiger partial charge on any atom is 0.168 e. The quantitative estimate of drug-likeness (QED) is 0.635. The van der Waals surface area contributed by atoms with E-state index >= 15 is 0 Å². The highest BCUT2D eigenvalue weighted by atomic mass is 15.4. The predicted molar refractivity (Wildman–Crippen MR) is 47.9 cm³/mol. The van der Waals surface area contributed by atoms with Gasteiger partial charge in [-0.1, -0.05) is 0 Å². The Morgan fingerprint density at radius 2 is 2.21 bits per heavy atom. The summed E-state index contributed by atoms with van der Waals surface area (Å²) in [5.74, 6) is 0. The van der Waals surface area contributed by atoms with Crippen molar-refractivity contribution in [3.63, 3.8) is 0 Å². The Hall–Kier alpha value is -2.16. The third-order valence-electron chi connectivity index (χ3n) is 1.89. The van der Waals surface area contributed by atoms with Crippen LogP contribution in [0.25, 0.3) is 11.4 Å². The third kappa shape index (κ3) is 1.15. The zero-order valence-corrected chi connectivity index (χ0v) is 7.84. The Bertz CT molecular complexity index is 500. The van der Waals surface area contributed by atoms with Crippen LogP contribution in [0.3, 0.4) is 0 Å². The molecule has 0 N–H and O–H groups in total. The fraction of sp³-hybridized carbons (Fsp3) is 0.250. The van der Waals surface area contributed by atoms with E-state index in [2.05, 4.69) is 15.2 Å². The number of rotatable bonds is 1. The van der Waals surface area contributed by atoms with Crippen molar-refractivity contribution in [2.45, 2.75) is 0 Å². The molecular weight excluding hydrogens is 180 g/mol. The Kier molecular flexibility index (Phi) is 1.78. The van der Waals surface area contributed by atoms with Crippen LogP contribution in [0, 0.1) is 11.3 Å². The van der Waals surface area contributed by atoms with Gasteiger partial charge in [0.05, 0.1) is 12.5 Å². The van der Waals surface area contributed by atoms with Crippen molar-refractivity contribution in [1.29, 1.82) is 5.26 Å². The average molecular weight is 188 g/mol. The molecule has 0 atom stereocenters. The van der Waals surface area contributed by atoms with Crippen LogP contribution >= 0.6 is 0 Å². The van der Waals surface area contributed by atoms with Crippen molar-refractivity contribution in [3.05, 3.63) is 18.2 Å². The van der Waals surface area contributed by atoms with E-state index < -0.39 is 0 Å². The maximum atomic E-state index is 8.82. The standard InChI is InChI=1S/C8H8N6/c1-13-5-10-6(3-9)8(13)7-4-11-14(2)12-7/h4-5H,1-2H3. The molecular formula is C8H8N6. The first-order chi connectivity index (χ1) is 6.72. The van der Waals surface area contributed by atoms with Crippen molar-refractivity contribution < 1.29 is 0 Å². The number of nitriles is 1. The minimum atomic E-state index is 0.369. The molecule has 70 valence electrons. The van der Waals surface area contributed by atoms with Crippen LogP contribution in [0.5, 0.6) is 0 Å². The fourth-order valence-electron chi connectivity index (χ4n) is 1.27. The largest absolute Gasteiger partial charge is 0.331 e. The van der Waals surface area contributed by atoms with E-state index in [1.165, 1.54) is 4.80 Å². The summed E-state index contributed by atoms with van der Waals surface area (Å²) >= 11 is 0. The summed E-state index contributed by atoms with van der Waals surface area (Å²) in [5.41, 5.74) is 1.72. The van der Waals surface area contributed by atoms with Crippen LogP contribution in [-0.2, 0) is 14.1 Å². The molecule has 0 aliphatic heterocycles.